The zero-order valence-electron chi connectivity index (χ0n) is 11.9. The number of nitrogens with zero attached hydrogens (tertiary/aromatic N) is 1. The summed E-state index contributed by atoms with van der Waals surface area (Å²) in [6.45, 7) is 3.79. The maximum absolute atomic E-state index is 12.8. The largest absolute Gasteiger partial charge is 0.478 e. The Hall–Kier alpha value is -0.920. The lowest BCUT2D eigenvalue weighted by Crippen LogP contribution is -2.47. The Bertz CT molecular complexity index is 649. The molecule has 0 amide bonds. The van der Waals surface area contributed by atoms with E-state index in [4.69, 9.17) is 5.11 Å². The molecule has 0 aliphatic carbocycles. The van der Waals surface area contributed by atoms with Crippen LogP contribution in [0.4, 0.5) is 0 Å². The molecule has 2 unspecified atom stereocenters. The molecule has 1 aliphatic rings. The third-order valence-electron chi connectivity index (χ3n) is 3.86. The van der Waals surface area contributed by atoms with E-state index in [9.17, 15) is 13.2 Å². The Balaban J connectivity index is 2.48. The molecule has 0 bridgehead atoms. The molecule has 116 valence electrons. The predicted octanol–water partition coefficient (Wildman–Crippen LogP) is 3.10. The first-order valence-corrected chi connectivity index (χ1v) is 9.05. The maximum Gasteiger partial charge on any atom is 0.336 e. The number of sulfonamides is 1. The van der Waals surface area contributed by atoms with Gasteiger partial charge in [0.25, 0.3) is 0 Å². The molecule has 1 N–H and O–H groups in total. The first-order chi connectivity index (χ1) is 9.75. The Morgan fingerprint density at radius 2 is 1.86 bits per heavy atom. The average Bonchev–Trinajstić information content (AvgIpc) is 2.38. The quantitative estimate of drug-likeness (QED) is 0.880. The fourth-order valence-electron chi connectivity index (χ4n) is 2.82. The summed E-state index contributed by atoms with van der Waals surface area (Å²) < 4.78 is 27.5. The number of hydrogen-bond acceptors (Lipinski definition) is 3. The van der Waals surface area contributed by atoms with Crippen LogP contribution in [0.2, 0.25) is 0 Å². The van der Waals surface area contributed by atoms with Gasteiger partial charge in [-0.05, 0) is 60.8 Å². The standard InChI is InChI=1S/C14H18BrNO4S/c1-9-4-3-5-10(2)16(9)21(19,20)11-6-7-13(15)12(8-11)14(17)18/h6-10H,3-5H2,1-2H3,(H,17,18). The molecule has 0 spiro atoms. The van der Waals surface area contributed by atoms with Crippen molar-refractivity contribution in [1.29, 1.82) is 0 Å². The van der Waals surface area contributed by atoms with Gasteiger partial charge in [0.1, 0.15) is 0 Å². The third-order valence-corrected chi connectivity index (χ3v) is 6.67. The Morgan fingerprint density at radius 1 is 1.29 bits per heavy atom. The number of rotatable bonds is 3. The summed E-state index contributed by atoms with van der Waals surface area (Å²) in [6.07, 6.45) is 2.66. The second-order valence-corrected chi connectivity index (χ2v) is 8.11. The minimum atomic E-state index is -3.68. The zero-order chi connectivity index (χ0) is 15.8. The molecule has 0 aromatic heterocycles. The average molecular weight is 376 g/mol. The summed E-state index contributed by atoms with van der Waals surface area (Å²) in [6, 6.07) is 3.98. The molecule has 1 aromatic rings. The van der Waals surface area contributed by atoms with Crippen molar-refractivity contribution in [3.05, 3.63) is 28.2 Å². The Kier molecular flexibility index (Phi) is 4.75. The molecule has 2 rings (SSSR count). The van der Waals surface area contributed by atoms with Gasteiger partial charge in [0.2, 0.25) is 10.0 Å². The van der Waals surface area contributed by atoms with E-state index < -0.39 is 16.0 Å². The molecule has 1 aromatic carbocycles. The van der Waals surface area contributed by atoms with Crippen LogP contribution in [0, 0.1) is 0 Å². The van der Waals surface area contributed by atoms with E-state index in [1.54, 1.807) is 0 Å². The molecular weight excluding hydrogens is 358 g/mol. The number of carboxylic acid groups (broad SMARTS) is 1. The predicted molar refractivity (Wildman–Crippen MR) is 82.9 cm³/mol. The normalized spacial score (nSPS) is 24.0. The van der Waals surface area contributed by atoms with Crippen LogP contribution < -0.4 is 0 Å². The van der Waals surface area contributed by atoms with Crippen molar-refractivity contribution in [3.63, 3.8) is 0 Å². The fourth-order valence-corrected chi connectivity index (χ4v) is 5.15. The van der Waals surface area contributed by atoms with Crippen molar-refractivity contribution in [3.8, 4) is 0 Å². The van der Waals surface area contributed by atoms with Crippen LogP contribution in [0.1, 0.15) is 43.5 Å². The highest BCUT2D eigenvalue weighted by Gasteiger charge is 2.36. The number of aromatic carboxylic acids is 1. The van der Waals surface area contributed by atoms with Crippen molar-refractivity contribution in [1.82, 2.24) is 4.31 Å². The van der Waals surface area contributed by atoms with Crippen LogP contribution >= 0.6 is 15.9 Å². The topological polar surface area (TPSA) is 74.7 Å². The van der Waals surface area contributed by atoms with Crippen LogP contribution in [0.15, 0.2) is 27.6 Å². The molecular formula is C14H18BrNO4S. The molecule has 2 atom stereocenters. The van der Waals surface area contributed by atoms with Gasteiger partial charge in [0.05, 0.1) is 10.5 Å². The molecule has 7 heteroatoms. The highest BCUT2D eigenvalue weighted by atomic mass is 79.9. The summed E-state index contributed by atoms with van der Waals surface area (Å²) >= 11 is 3.13. The van der Waals surface area contributed by atoms with E-state index in [0.717, 1.165) is 19.3 Å². The van der Waals surface area contributed by atoms with Crippen LogP contribution in [0.25, 0.3) is 0 Å². The SMILES string of the molecule is CC1CCCC(C)N1S(=O)(=O)c1ccc(Br)c(C(=O)O)c1. The van der Waals surface area contributed by atoms with Gasteiger partial charge in [-0.25, -0.2) is 13.2 Å². The van der Waals surface area contributed by atoms with Crippen molar-refractivity contribution in [2.45, 2.75) is 50.1 Å². The number of halogens is 1. The van der Waals surface area contributed by atoms with E-state index in [0.29, 0.717) is 4.47 Å². The van der Waals surface area contributed by atoms with E-state index >= 15 is 0 Å². The first kappa shape index (κ1) is 16.5. The third kappa shape index (κ3) is 3.14. The van der Waals surface area contributed by atoms with Crippen LogP contribution in [-0.4, -0.2) is 35.9 Å². The van der Waals surface area contributed by atoms with E-state index in [2.05, 4.69) is 15.9 Å². The van der Waals surface area contributed by atoms with Gasteiger partial charge in [0.15, 0.2) is 0 Å². The number of benzene rings is 1. The van der Waals surface area contributed by atoms with Crippen LogP contribution in [-0.2, 0) is 10.0 Å². The highest BCUT2D eigenvalue weighted by Crippen LogP contribution is 2.31. The van der Waals surface area contributed by atoms with Gasteiger partial charge >= 0.3 is 5.97 Å². The van der Waals surface area contributed by atoms with E-state index in [-0.39, 0.29) is 22.5 Å². The van der Waals surface area contributed by atoms with Crippen LogP contribution in [0.5, 0.6) is 0 Å². The van der Waals surface area contributed by atoms with Gasteiger partial charge < -0.3 is 5.11 Å². The second-order valence-electron chi connectivity index (χ2n) is 5.41. The lowest BCUT2D eigenvalue weighted by molar-refractivity contribution is 0.0695. The summed E-state index contributed by atoms with van der Waals surface area (Å²) in [5.74, 6) is -1.15. The van der Waals surface area contributed by atoms with Crippen molar-refractivity contribution in [2.75, 3.05) is 0 Å². The number of hydrogen-bond donors (Lipinski definition) is 1. The van der Waals surface area contributed by atoms with Crippen LogP contribution in [0.3, 0.4) is 0 Å². The van der Waals surface area contributed by atoms with Crippen molar-refractivity contribution in [2.24, 2.45) is 0 Å². The monoisotopic (exact) mass is 375 g/mol. The summed E-state index contributed by atoms with van der Waals surface area (Å²) in [4.78, 5) is 11.2. The lowest BCUT2D eigenvalue weighted by Gasteiger charge is -2.37. The molecule has 0 radical (unpaired) electrons. The zero-order valence-corrected chi connectivity index (χ0v) is 14.3. The first-order valence-electron chi connectivity index (χ1n) is 6.81. The Morgan fingerprint density at radius 3 is 2.38 bits per heavy atom. The number of carbonyl (C=O) groups is 1. The van der Waals surface area contributed by atoms with Gasteiger partial charge in [-0.1, -0.05) is 6.42 Å². The molecule has 5 nitrogen and oxygen atoms in total. The van der Waals surface area contributed by atoms with Gasteiger partial charge in [-0.3, -0.25) is 0 Å². The van der Waals surface area contributed by atoms with Crippen molar-refractivity contribution < 1.29 is 18.3 Å². The van der Waals surface area contributed by atoms with Gasteiger partial charge in [-0.2, -0.15) is 4.31 Å². The Labute approximate surface area is 133 Å². The smallest absolute Gasteiger partial charge is 0.336 e. The summed E-state index contributed by atoms with van der Waals surface area (Å²) in [5.41, 5.74) is -0.0478. The lowest BCUT2D eigenvalue weighted by atomic mass is 10.0. The molecule has 0 saturated carbocycles. The number of piperidine rings is 1. The summed E-state index contributed by atoms with van der Waals surface area (Å²) in [7, 11) is -3.68. The molecule has 21 heavy (non-hydrogen) atoms. The molecule has 1 aliphatic heterocycles. The maximum atomic E-state index is 12.8. The minimum Gasteiger partial charge on any atom is -0.478 e. The molecule has 1 heterocycles. The highest BCUT2D eigenvalue weighted by molar-refractivity contribution is 9.10. The van der Waals surface area contributed by atoms with Gasteiger partial charge in [-0.15, -0.1) is 0 Å². The minimum absolute atomic E-state index is 0.0312. The number of carboxylic acids is 1. The molecule has 1 fully saturated rings. The van der Waals surface area contributed by atoms with Crippen molar-refractivity contribution >= 4 is 31.9 Å². The van der Waals surface area contributed by atoms with Gasteiger partial charge in [0, 0.05) is 16.6 Å². The fraction of sp³-hybridized carbons (Fsp3) is 0.500. The summed E-state index contributed by atoms with van der Waals surface area (Å²) in [5, 5.41) is 9.13. The van der Waals surface area contributed by atoms with E-state index in [1.807, 2.05) is 13.8 Å². The van der Waals surface area contributed by atoms with E-state index in [1.165, 1.54) is 22.5 Å². The second kappa shape index (κ2) is 6.06. The molecule has 1 saturated heterocycles.